The van der Waals surface area contributed by atoms with Crippen molar-refractivity contribution in [1.29, 1.82) is 0 Å². The van der Waals surface area contributed by atoms with Crippen LogP contribution < -0.4 is 10.1 Å². The Kier molecular flexibility index (Phi) is 2.82. The van der Waals surface area contributed by atoms with Gasteiger partial charge in [-0.1, -0.05) is 12.1 Å². The van der Waals surface area contributed by atoms with Gasteiger partial charge in [0.1, 0.15) is 5.75 Å². The average molecular weight is 186 g/mol. The van der Waals surface area contributed by atoms with Gasteiger partial charge in [-0.25, -0.2) is 0 Å². The number of hydrogen-bond donors (Lipinski definition) is 1. The Morgan fingerprint density at radius 3 is 3.00 bits per heavy atom. The van der Waals surface area contributed by atoms with Crippen LogP contribution in [0.2, 0.25) is 0 Å². The number of fused-ring (bicyclic) bond motifs is 1. The maximum Gasteiger partial charge on any atom is 0.142 e. The van der Waals surface area contributed by atoms with E-state index in [1.54, 1.807) is 7.11 Å². The third-order valence-corrected chi connectivity index (χ3v) is 2.03. The number of hydrogen-bond acceptors (Lipinski definition) is 2. The van der Waals surface area contributed by atoms with Gasteiger partial charge in [-0.2, -0.15) is 0 Å². The molecule has 1 aliphatic heterocycles. The molecule has 0 saturated heterocycles. The topological polar surface area (TPSA) is 21.3 Å². The van der Waals surface area contributed by atoms with E-state index in [1.807, 2.05) is 12.1 Å². The lowest BCUT2D eigenvalue weighted by atomic mass is 10.1. The Morgan fingerprint density at radius 2 is 2.25 bits per heavy atom. The third kappa shape index (κ3) is 1.34. The molecule has 0 saturated carbocycles. The molecule has 2 rings (SSSR count). The van der Waals surface area contributed by atoms with E-state index in [2.05, 4.69) is 11.4 Å². The molecular weight excluding hydrogens is 174 g/mol. The lowest BCUT2D eigenvalue weighted by Gasteiger charge is -2.05. The molecule has 0 bridgehead atoms. The van der Waals surface area contributed by atoms with E-state index in [9.17, 15) is 0 Å². The van der Waals surface area contributed by atoms with E-state index < -0.39 is 0 Å². The van der Waals surface area contributed by atoms with Crippen molar-refractivity contribution in [3.8, 4) is 5.75 Å². The van der Waals surface area contributed by atoms with Crippen LogP contribution in [0.3, 0.4) is 0 Å². The molecule has 66 valence electrons. The van der Waals surface area contributed by atoms with E-state index in [4.69, 9.17) is 4.74 Å². The van der Waals surface area contributed by atoms with Gasteiger partial charge in [0.15, 0.2) is 0 Å². The zero-order chi connectivity index (χ0) is 7.68. The predicted molar refractivity (Wildman–Crippen MR) is 52.4 cm³/mol. The van der Waals surface area contributed by atoms with Gasteiger partial charge in [-0.05, 0) is 18.1 Å². The number of rotatable bonds is 1. The molecule has 0 amide bonds. The zero-order valence-electron chi connectivity index (χ0n) is 6.96. The number of nitrogens with one attached hydrogen (secondary N) is 1. The normalized spacial score (nSPS) is 12.8. The number of benzene rings is 1. The van der Waals surface area contributed by atoms with Crippen molar-refractivity contribution in [2.75, 3.05) is 19.0 Å². The minimum atomic E-state index is 0. The number of halogens is 1. The first-order valence-electron chi connectivity index (χ1n) is 3.81. The summed E-state index contributed by atoms with van der Waals surface area (Å²) in [6, 6.07) is 6.15. The van der Waals surface area contributed by atoms with Gasteiger partial charge in [0.2, 0.25) is 0 Å². The van der Waals surface area contributed by atoms with Gasteiger partial charge < -0.3 is 10.1 Å². The van der Waals surface area contributed by atoms with Crippen LogP contribution in [0.15, 0.2) is 18.2 Å². The maximum atomic E-state index is 5.19. The van der Waals surface area contributed by atoms with E-state index in [0.717, 1.165) is 18.7 Å². The Bertz CT molecular complexity index is 275. The van der Waals surface area contributed by atoms with Crippen molar-refractivity contribution in [3.63, 3.8) is 0 Å². The highest BCUT2D eigenvalue weighted by molar-refractivity contribution is 5.85. The molecular formula is C9H12ClNO. The molecule has 1 N–H and O–H groups in total. The smallest absolute Gasteiger partial charge is 0.142 e. The van der Waals surface area contributed by atoms with E-state index in [0.29, 0.717) is 0 Å². The lowest BCUT2D eigenvalue weighted by molar-refractivity contribution is 0.416. The molecule has 1 aromatic carbocycles. The lowest BCUT2D eigenvalue weighted by Crippen LogP contribution is -1.93. The highest BCUT2D eigenvalue weighted by Gasteiger charge is 2.12. The highest BCUT2D eigenvalue weighted by atomic mass is 35.5. The standard InChI is InChI=1S/C9H11NO.ClH/c1-11-8-4-2-3-7-5-6-10-9(7)8;/h2-4,10H,5-6H2,1H3;1H. The van der Waals surface area contributed by atoms with Gasteiger partial charge in [0, 0.05) is 6.54 Å². The molecule has 0 aromatic heterocycles. The van der Waals surface area contributed by atoms with Crippen molar-refractivity contribution < 1.29 is 4.74 Å². The first-order valence-corrected chi connectivity index (χ1v) is 3.81. The molecule has 2 nitrogen and oxygen atoms in total. The second-order valence-electron chi connectivity index (χ2n) is 2.67. The minimum Gasteiger partial charge on any atom is -0.495 e. The van der Waals surface area contributed by atoms with Crippen LogP contribution in [0.1, 0.15) is 5.56 Å². The number of para-hydroxylation sites is 1. The summed E-state index contributed by atoms with van der Waals surface area (Å²) in [4.78, 5) is 0. The maximum absolute atomic E-state index is 5.19. The molecule has 12 heavy (non-hydrogen) atoms. The fourth-order valence-electron chi connectivity index (χ4n) is 1.48. The minimum absolute atomic E-state index is 0. The molecule has 1 aromatic rings. The van der Waals surface area contributed by atoms with Crippen LogP contribution in [-0.4, -0.2) is 13.7 Å². The van der Waals surface area contributed by atoms with Gasteiger partial charge in [0.05, 0.1) is 12.8 Å². The number of methoxy groups -OCH3 is 1. The second kappa shape index (κ2) is 3.68. The molecule has 3 heteroatoms. The van der Waals surface area contributed by atoms with Crippen LogP contribution >= 0.6 is 12.4 Å². The predicted octanol–water partition coefficient (Wildman–Crippen LogP) is 2.09. The van der Waals surface area contributed by atoms with Gasteiger partial charge >= 0.3 is 0 Å². The van der Waals surface area contributed by atoms with E-state index in [1.165, 1.54) is 11.3 Å². The summed E-state index contributed by atoms with van der Waals surface area (Å²) in [5, 5.41) is 3.29. The molecule has 0 atom stereocenters. The van der Waals surface area contributed by atoms with Gasteiger partial charge in [-0.15, -0.1) is 12.4 Å². The fourth-order valence-corrected chi connectivity index (χ4v) is 1.48. The summed E-state index contributed by atoms with van der Waals surface area (Å²) in [7, 11) is 1.70. The van der Waals surface area contributed by atoms with Crippen LogP contribution in [0.4, 0.5) is 5.69 Å². The Morgan fingerprint density at radius 1 is 1.42 bits per heavy atom. The molecule has 1 aliphatic rings. The van der Waals surface area contributed by atoms with Crippen LogP contribution in [0.25, 0.3) is 0 Å². The van der Waals surface area contributed by atoms with Crippen molar-refractivity contribution in [1.82, 2.24) is 0 Å². The third-order valence-electron chi connectivity index (χ3n) is 2.03. The van der Waals surface area contributed by atoms with Crippen LogP contribution in [-0.2, 0) is 6.42 Å². The van der Waals surface area contributed by atoms with Crippen LogP contribution in [0, 0.1) is 0 Å². The number of anilines is 1. The van der Waals surface area contributed by atoms with Gasteiger partial charge in [0.25, 0.3) is 0 Å². The first-order chi connectivity index (χ1) is 5.42. The first kappa shape index (κ1) is 9.20. The van der Waals surface area contributed by atoms with Gasteiger partial charge in [-0.3, -0.25) is 0 Å². The molecule has 0 aliphatic carbocycles. The molecule has 0 unspecified atom stereocenters. The summed E-state index contributed by atoms with van der Waals surface area (Å²) in [5.74, 6) is 0.958. The van der Waals surface area contributed by atoms with E-state index in [-0.39, 0.29) is 12.4 Å². The molecule has 0 spiro atoms. The SMILES string of the molecule is COc1cccc2c1NCC2.Cl. The zero-order valence-corrected chi connectivity index (χ0v) is 7.78. The second-order valence-corrected chi connectivity index (χ2v) is 2.67. The molecule has 1 heterocycles. The Balaban J connectivity index is 0.000000720. The van der Waals surface area contributed by atoms with Crippen molar-refractivity contribution >= 4 is 18.1 Å². The molecule has 0 radical (unpaired) electrons. The fraction of sp³-hybridized carbons (Fsp3) is 0.333. The summed E-state index contributed by atoms with van der Waals surface area (Å²) >= 11 is 0. The van der Waals surface area contributed by atoms with E-state index >= 15 is 0 Å². The quantitative estimate of drug-likeness (QED) is 0.724. The summed E-state index contributed by atoms with van der Waals surface area (Å²) in [6.07, 6.45) is 1.12. The van der Waals surface area contributed by atoms with Crippen molar-refractivity contribution in [2.45, 2.75) is 6.42 Å². The van der Waals surface area contributed by atoms with Crippen LogP contribution in [0.5, 0.6) is 5.75 Å². The van der Waals surface area contributed by atoms with Crippen molar-refractivity contribution in [2.24, 2.45) is 0 Å². The Labute approximate surface area is 78.3 Å². The number of ether oxygens (including phenoxy) is 1. The highest BCUT2D eigenvalue weighted by Crippen LogP contribution is 2.31. The summed E-state index contributed by atoms with van der Waals surface area (Å²) < 4.78 is 5.19. The Hall–Kier alpha value is -0.890. The summed E-state index contributed by atoms with van der Waals surface area (Å²) in [5.41, 5.74) is 2.54. The van der Waals surface area contributed by atoms with Crippen molar-refractivity contribution in [3.05, 3.63) is 23.8 Å². The molecule has 0 fully saturated rings. The largest absolute Gasteiger partial charge is 0.495 e. The monoisotopic (exact) mass is 185 g/mol. The average Bonchev–Trinajstić information content (AvgIpc) is 2.50. The summed E-state index contributed by atoms with van der Waals surface area (Å²) in [6.45, 7) is 1.04.